The van der Waals surface area contributed by atoms with Crippen LogP contribution in [0.4, 0.5) is 16.4 Å². The predicted molar refractivity (Wildman–Crippen MR) is 135 cm³/mol. The Balaban J connectivity index is 1.60. The van der Waals surface area contributed by atoms with E-state index in [-0.39, 0.29) is 11.5 Å². The number of aromatic nitrogens is 2. The quantitative estimate of drug-likeness (QED) is 0.260. The van der Waals surface area contributed by atoms with Gasteiger partial charge in [0.05, 0.1) is 17.9 Å². The standard InChI is InChI=1S/C25H32N6O3/c1-2-3-15-34-22-8-5-4-7-21(22)29-25(33)31-24-28-17-20(23(32)30-24)19-11-9-18(10-12-19)16-27-14-6-13-26/h4-5,7-12,17,27H,2-3,6,13-16,26H2,1H3,(H3,28,29,30,31,32,33). The van der Waals surface area contributed by atoms with Gasteiger partial charge in [-0.05, 0) is 49.2 Å². The molecule has 2 aromatic carbocycles. The first kappa shape index (κ1) is 24.9. The van der Waals surface area contributed by atoms with Gasteiger partial charge in [0.2, 0.25) is 5.95 Å². The summed E-state index contributed by atoms with van der Waals surface area (Å²) in [6, 6.07) is 14.3. The first-order valence-electron chi connectivity index (χ1n) is 11.5. The Bertz CT molecular complexity index is 1110. The molecule has 3 aromatic rings. The monoisotopic (exact) mass is 464 g/mol. The summed E-state index contributed by atoms with van der Waals surface area (Å²) < 4.78 is 5.73. The van der Waals surface area contributed by atoms with Crippen molar-refractivity contribution < 1.29 is 9.53 Å². The van der Waals surface area contributed by atoms with Crippen molar-refractivity contribution in [1.29, 1.82) is 0 Å². The van der Waals surface area contributed by atoms with Gasteiger partial charge >= 0.3 is 6.03 Å². The molecular weight excluding hydrogens is 432 g/mol. The number of benzene rings is 2. The molecule has 0 bridgehead atoms. The molecule has 0 spiro atoms. The first-order valence-corrected chi connectivity index (χ1v) is 11.5. The molecule has 0 saturated carbocycles. The summed E-state index contributed by atoms with van der Waals surface area (Å²) in [4.78, 5) is 31.8. The van der Waals surface area contributed by atoms with Crippen molar-refractivity contribution in [3.8, 4) is 16.9 Å². The number of nitrogens with two attached hydrogens (primary N) is 1. The van der Waals surface area contributed by atoms with Crippen molar-refractivity contribution in [3.63, 3.8) is 0 Å². The van der Waals surface area contributed by atoms with Crippen molar-refractivity contribution in [2.24, 2.45) is 5.73 Å². The summed E-state index contributed by atoms with van der Waals surface area (Å²) in [5, 5.41) is 8.61. The number of H-pyrrole nitrogens is 1. The topological polar surface area (TPSA) is 134 Å². The fraction of sp³-hybridized carbons (Fsp3) is 0.320. The molecule has 0 aliphatic carbocycles. The first-order chi connectivity index (χ1) is 16.6. The van der Waals surface area contributed by atoms with Crippen LogP contribution in [0.5, 0.6) is 5.75 Å². The number of aromatic amines is 1. The summed E-state index contributed by atoms with van der Waals surface area (Å²) in [5.74, 6) is 0.636. The lowest BCUT2D eigenvalue weighted by Gasteiger charge is -2.12. The summed E-state index contributed by atoms with van der Waals surface area (Å²) >= 11 is 0. The summed E-state index contributed by atoms with van der Waals surface area (Å²) in [6.07, 6.45) is 4.32. The highest BCUT2D eigenvalue weighted by Crippen LogP contribution is 2.24. The third kappa shape index (κ3) is 7.43. The fourth-order valence-corrected chi connectivity index (χ4v) is 3.21. The molecule has 0 radical (unpaired) electrons. The van der Waals surface area contributed by atoms with Crippen LogP contribution in [0.1, 0.15) is 31.7 Å². The summed E-state index contributed by atoms with van der Waals surface area (Å²) in [6.45, 7) is 4.91. The molecule has 0 fully saturated rings. The van der Waals surface area contributed by atoms with E-state index in [0.717, 1.165) is 43.5 Å². The van der Waals surface area contributed by atoms with Gasteiger partial charge in [-0.15, -0.1) is 0 Å². The maximum absolute atomic E-state index is 12.6. The molecule has 0 aliphatic heterocycles. The molecule has 3 rings (SSSR count). The van der Waals surface area contributed by atoms with E-state index in [1.807, 2.05) is 30.3 Å². The Labute approximate surface area is 199 Å². The minimum atomic E-state index is -0.533. The second-order valence-electron chi connectivity index (χ2n) is 7.77. The van der Waals surface area contributed by atoms with Crippen LogP contribution in [0.25, 0.3) is 11.1 Å². The number of urea groups is 1. The number of ether oxygens (including phenoxy) is 1. The van der Waals surface area contributed by atoms with Crippen molar-refractivity contribution in [3.05, 3.63) is 70.6 Å². The smallest absolute Gasteiger partial charge is 0.326 e. The van der Waals surface area contributed by atoms with Crippen molar-refractivity contribution >= 4 is 17.7 Å². The van der Waals surface area contributed by atoms with Gasteiger partial charge in [0.25, 0.3) is 5.56 Å². The van der Waals surface area contributed by atoms with Gasteiger partial charge in [-0.25, -0.2) is 9.78 Å². The molecule has 9 heteroatoms. The third-order valence-corrected chi connectivity index (χ3v) is 5.07. The number of rotatable bonds is 12. The van der Waals surface area contributed by atoms with Crippen LogP contribution in [0.3, 0.4) is 0 Å². The number of amides is 2. The molecule has 0 unspecified atom stereocenters. The van der Waals surface area contributed by atoms with Gasteiger partial charge in [-0.2, -0.15) is 0 Å². The van der Waals surface area contributed by atoms with Gasteiger partial charge in [0, 0.05) is 12.7 Å². The second kappa shape index (κ2) is 13.1. The SMILES string of the molecule is CCCCOc1ccccc1NC(=O)Nc1ncc(-c2ccc(CNCCCN)cc2)c(=O)[nH]1. The molecule has 0 aliphatic rings. The van der Waals surface area contributed by atoms with E-state index in [1.54, 1.807) is 18.2 Å². The van der Waals surface area contributed by atoms with Crippen LogP contribution in [0, 0.1) is 0 Å². The number of carbonyl (C=O) groups excluding carboxylic acids is 1. The molecule has 0 atom stereocenters. The zero-order chi connectivity index (χ0) is 24.2. The van der Waals surface area contributed by atoms with Crippen LogP contribution in [-0.2, 0) is 6.54 Å². The Morgan fingerprint density at radius 3 is 2.62 bits per heavy atom. The zero-order valence-corrected chi connectivity index (χ0v) is 19.4. The highest BCUT2D eigenvalue weighted by molar-refractivity contribution is 5.99. The van der Waals surface area contributed by atoms with Gasteiger partial charge in [0.15, 0.2) is 0 Å². The minimum Gasteiger partial charge on any atom is -0.491 e. The fourth-order valence-electron chi connectivity index (χ4n) is 3.21. The Morgan fingerprint density at radius 1 is 1.09 bits per heavy atom. The Morgan fingerprint density at radius 2 is 1.88 bits per heavy atom. The summed E-state index contributed by atoms with van der Waals surface area (Å²) in [7, 11) is 0. The molecule has 1 aromatic heterocycles. The van der Waals surface area contributed by atoms with Gasteiger partial charge < -0.3 is 21.1 Å². The number of nitrogens with one attached hydrogen (secondary N) is 4. The van der Waals surface area contributed by atoms with E-state index in [9.17, 15) is 9.59 Å². The predicted octanol–water partition coefficient (Wildman–Crippen LogP) is 3.70. The average Bonchev–Trinajstić information content (AvgIpc) is 2.84. The highest BCUT2D eigenvalue weighted by Gasteiger charge is 2.11. The lowest BCUT2D eigenvalue weighted by molar-refractivity contribution is 0.261. The molecule has 2 amide bonds. The maximum Gasteiger partial charge on any atom is 0.326 e. The van der Waals surface area contributed by atoms with Crippen LogP contribution >= 0.6 is 0 Å². The number of para-hydroxylation sites is 2. The van der Waals surface area contributed by atoms with Gasteiger partial charge in [-0.1, -0.05) is 49.7 Å². The minimum absolute atomic E-state index is 0.0522. The molecule has 34 heavy (non-hydrogen) atoms. The van der Waals surface area contributed by atoms with E-state index in [2.05, 4.69) is 32.8 Å². The lowest BCUT2D eigenvalue weighted by Crippen LogP contribution is -2.23. The number of unbranched alkanes of at least 4 members (excludes halogenated alkanes) is 1. The lowest BCUT2D eigenvalue weighted by atomic mass is 10.1. The number of carbonyl (C=O) groups is 1. The molecule has 1 heterocycles. The van der Waals surface area contributed by atoms with E-state index in [0.29, 0.717) is 30.2 Å². The van der Waals surface area contributed by atoms with E-state index >= 15 is 0 Å². The zero-order valence-electron chi connectivity index (χ0n) is 19.4. The molecule has 180 valence electrons. The maximum atomic E-state index is 12.6. The third-order valence-electron chi connectivity index (χ3n) is 5.07. The van der Waals surface area contributed by atoms with Crippen molar-refractivity contribution in [2.75, 3.05) is 30.3 Å². The van der Waals surface area contributed by atoms with Crippen molar-refractivity contribution in [2.45, 2.75) is 32.7 Å². The molecule has 6 N–H and O–H groups in total. The average molecular weight is 465 g/mol. The highest BCUT2D eigenvalue weighted by atomic mass is 16.5. The van der Waals surface area contributed by atoms with Crippen LogP contribution in [-0.4, -0.2) is 35.7 Å². The Kier molecular flexibility index (Phi) is 9.63. The number of anilines is 2. The van der Waals surface area contributed by atoms with Crippen molar-refractivity contribution in [1.82, 2.24) is 15.3 Å². The van der Waals surface area contributed by atoms with E-state index < -0.39 is 6.03 Å². The van der Waals surface area contributed by atoms with Gasteiger partial charge in [0.1, 0.15) is 5.75 Å². The normalized spacial score (nSPS) is 10.6. The summed E-state index contributed by atoms with van der Waals surface area (Å²) in [5.41, 5.74) is 7.96. The van der Waals surface area contributed by atoms with Gasteiger partial charge in [-0.3, -0.25) is 15.1 Å². The molecule has 9 nitrogen and oxygen atoms in total. The number of hydrogen-bond donors (Lipinski definition) is 5. The molecular formula is C25H32N6O3. The van der Waals surface area contributed by atoms with Crippen LogP contribution < -0.4 is 32.0 Å². The second-order valence-corrected chi connectivity index (χ2v) is 7.77. The van der Waals surface area contributed by atoms with E-state index in [1.165, 1.54) is 6.20 Å². The number of nitrogens with zero attached hydrogens (tertiary/aromatic N) is 1. The van der Waals surface area contributed by atoms with E-state index in [4.69, 9.17) is 10.5 Å². The van der Waals surface area contributed by atoms with Crippen LogP contribution in [0.15, 0.2) is 59.5 Å². The molecule has 0 saturated heterocycles. The van der Waals surface area contributed by atoms with Crippen LogP contribution in [0.2, 0.25) is 0 Å². The largest absolute Gasteiger partial charge is 0.491 e. The number of hydrogen-bond acceptors (Lipinski definition) is 6. The Hall–Kier alpha value is -3.69.